The van der Waals surface area contributed by atoms with Crippen LogP contribution in [0.4, 0.5) is 0 Å². The summed E-state index contributed by atoms with van der Waals surface area (Å²) in [6.45, 7) is 9.40. The Morgan fingerprint density at radius 3 is 1.00 bits per heavy atom. The van der Waals surface area contributed by atoms with E-state index in [-0.39, 0.29) is 0 Å². The van der Waals surface area contributed by atoms with Gasteiger partial charge in [0.25, 0.3) is 0 Å². The molecule has 0 unspecified atom stereocenters. The van der Waals surface area contributed by atoms with E-state index in [4.69, 9.17) is 0 Å². The van der Waals surface area contributed by atoms with Crippen LogP contribution < -0.4 is 10.6 Å². The maximum atomic E-state index is 3.64. The normalized spacial score (nSPS) is 11.5. The first-order chi connectivity index (χ1) is 17.9. The average molecular weight is 508 g/mol. The lowest BCUT2D eigenvalue weighted by atomic mass is 10.1. The standard InChI is InChI=1S/C34H71N2/c1-3-5-7-9-11-13-15-17-19-21-23-27-31-35-33-29-25-26-30-34-36-32-28-24-22-20-18-16-14-12-10-8-6-4-2/h25,35-36H,3-24,26-34H2,1-2H3. The van der Waals surface area contributed by atoms with Crippen LogP contribution in [0.25, 0.3) is 0 Å². The Hall–Kier alpha value is -0.0800. The van der Waals surface area contributed by atoms with Crippen LogP contribution in [-0.4, -0.2) is 26.2 Å². The Morgan fingerprint density at radius 2 is 0.611 bits per heavy atom. The third-order valence-corrected chi connectivity index (χ3v) is 7.70. The summed E-state index contributed by atoms with van der Waals surface area (Å²) in [4.78, 5) is 0. The molecule has 217 valence electrons. The molecule has 2 heteroatoms. The van der Waals surface area contributed by atoms with Crippen molar-refractivity contribution in [1.29, 1.82) is 0 Å². The van der Waals surface area contributed by atoms with Gasteiger partial charge in [-0.3, -0.25) is 0 Å². The van der Waals surface area contributed by atoms with Crippen molar-refractivity contribution in [3.05, 3.63) is 6.42 Å². The lowest BCUT2D eigenvalue weighted by Crippen LogP contribution is -2.18. The molecule has 0 aliphatic heterocycles. The van der Waals surface area contributed by atoms with Crippen molar-refractivity contribution in [2.24, 2.45) is 0 Å². The Bertz CT molecular complexity index is 323. The van der Waals surface area contributed by atoms with E-state index in [0.29, 0.717) is 0 Å². The molecule has 0 heterocycles. The maximum Gasteiger partial charge on any atom is -0.00462 e. The van der Waals surface area contributed by atoms with Crippen LogP contribution in [-0.2, 0) is 0 Å². The minimum absolute atomic E-state index is 1.17. The van der Waals surface area contributed by atoms with Crippen molar-refractivity contribution in [2.75, 3.05) is 26.2 Å². The molecule has 2 N–H and O–H groups in total. The Balaban J connectivity index is 3.00. The maximum absolute atomic E-state index is 3.64. The summed E-state index contributed by atoms with van der Waals surface area (Å²) >= 11 is 0. The molecule has 0 saturated carbocycles. The summed E-state index contributed by atoms with van der Waals surface area (Å²) in [6, 6.07) is 0. The minimum atomic E-state index is 1.17. The van der Waals surface area contributed by atoms with E-state index >= 15 is 0 Å². The minimum Gasteiger partial charge on any atom is -0.317 e. The lowest BCUT2D eigenvalue weighted by Gasteiger charge is -2.06. The van der Waals surface area contributed by atoms with Gasteiger partial charge in [-0.05, 0) is 64.7 Å². The zero-order valence-corrected chi connectivity index (χ0v) is 25.5. The van der Waals surface area contributed by atoms with Crippen LogP contribution in [0, 0.1) is 6.42 Å². The van der Waals surface area contributed by atoms with Crippen LogP contribution in [0.3, 0.4) is 0 Å². The van der Waals surface area contributed by atoms with E-state index in [1.54, 1.807) is 0 Å². The Morgan fingerprint density at radius 1 is 0.306 bits per heavy atom. The third-order valence-electron chi connectivity index (χ3n) is 7.70. The number of rotatable bonds is 33. The van der Waals surface area contributed by atoms with Gasteiger partial charge in [0.05, 0.1) is 0 Å². The van der Waals surface area contributed by atoms with Gasteiger partial charge in [-0.15, -0.1) is 0 Å². The van der Waals surface area contributed by atoms with E-state index in [9.17, 15) is 0 Å². The smallest absolute Gasteiger partial charge is 0.00462 e. The molecular weight excluding hydrogens is 436 g/mol. The highest BCUT2D eigenvalue weighted by atomic mass is 14.8. The van der Waals surface area contributed by atoms with Crippen LogP contribution in [0.15, 0.2) is 0 Å². The molecule has 1 radical (unpaired) electrons. The zero-order valence-electron chi connectivity index (χ0n) is 25.5. The lowest BCUT2D eigenvalue weighted by molar-refractivity contribution is 0.531. The molecule has 0 aliphatic carbocycles. The fraction of sp³-hybridized carbons (Fsp3) is 0.971. The highest BCUT2D eigenvalue weighted by Crippen LogP contribution is 2.13. The molecule has 0 fully saturated rings. The van der Waals surface area contributed by atoms with Gasteiger partial charge in [-0.1, -0.05) is 155 Å². The molecule has 0 aromatic heterocycles. The molecule has 36 heavy (non-hydrogen) atoms. The number of hydrogen-bond donors (Lipinski definition) is 2. The summed E-state index contributed by atoms with van der Waals surface area (Å²) in [7, 11) is 0. The molecule has 2 nitrogen and oxygen atoms in total. The van der Waals surface area contributed by atoms with Gasteiger partial charge in [0.1, 0.15) is 0 Å². The Labute approximate surface area is 230 Å². The van der Waals surface area contributed by atoms with Crippen molar-refractivity contribution in [2.45, 2.75) is 187 Å². The van der Waals surface area contributed by atoms with Gasteiger partial charge in [0.15, 0.2) is 0 Å². The van der Waals surface area contributed by atoms with Gasteiger partial charge in [-0.25, -0.2) is 0 Å². The second-order valence-electron chi connectivity index (χ2n) is 11.5. The van der Waals surface area contributed by atoms with Gasteiger partial charge < -0.3 is 10.6 Å². The summed E-state index contributed by atoms with van der Waals surface area (Å²) in [6.07, 6.45) is 40.8. The summed E-state index contributed by atoms with van der Waals surface area (Å²) in [5.41, 5.74) is 0. The molecule has 0 spiro atoms. The molecule has 0 aromatic rings. The molecule has 0 aromatic carbocycles. The van der Waals surface area contributed by atoms with Crippen molar-refractivity contribution < 1.29 is 0 Å². The van der Waals surface area contributed by atoms with Crippen LogP contribution in [0.1, 0.15) is 187 Å². The summed E-state index contributed by atoms with van der Waals surface area (Å²) in [5, 5.41) is 7.27. The fourth-order valence-corrected chi connectivity index (χ4v) is 5.15. The zero-order chi connectivity index (χ0) is 26.0. The topological polar surface area (TPSA) is 24.1 Å². The van der Waals surface area contributed by atoms with Crippen LogP contribution >= 0.6 is 0 Å². The Kier molecular flexibility index (Phi) is 34.8. The first kappa shape index (κ1) is 35.9. The quantitative estimate of drug-likeness (QED) is 0.0863. The summed E-state index contributed by atoms with van der Waals surface area (Å²) in [5.74, 6) is 0. The van der Waals surface area contributed by atoms with E-state index in [2.05, 4.69) is 30.9 Å². The first-order valence-corrected chi connectivity index (χ1v) is 17.1. The third kappa shape index (κ3) is 33.9. The van der Waals surface area contributed by atoms with E-state index < -0.39 is 0 Å². The second kappa shape index (κ2) is 34.9. The van der Waals surface area contributed by atoms with Crippen LogP contribution in [0.5, 0.6) is 0 Å². The molecular formula is C34H71N2. The predicted octanol–water partition coefficient (Wildman–Crippen LogP) is 10.9. The number of unbranched alkanes of at least 4 members (excludes halogenated alkanes) is 25. The highest BCUT2D eigenvalue weighted by molar-refractivity contribution is 4.67. The van der Waals surface area contributed by atoms with Crippen molar-refractivity contribution in [1.82, 2.24) is 10.6 Å². The van der Waals surface area contributed by atoms with Crippen molar-refractivity contribution >= 4 is 0 Å². The van der Waals surface area contributed by atoms with Gasteiger partial charge in [-0.2, -0.15) is 0 Å². The summed E-state index contributed by atoms with van der Waals surface area (Å²) < 4.78 is 0. The van der Waals surface area contributed by atoms with Gasteiger partial charge in [0, 0.05) is 0 Å². The van der Waals surface area contributed by atoms with Gasteiger partial charge in [0.2, 0.25) is 0 Å². The molecule has 0 atom stereocenters. The molecule has 0 bridgehead atoms. The monoisotopic (exact) mass is 508 g/mol. The van der Waals surface area contributed by atoms with Crippen molar-refractivity contribution in [3.63, 3.8) is 0 Å². The molecule has 0 amide bonds. The number of nitrogens with one attached hydrogen (secondary N) is 2. The first-order valence-electron chi connectivity index (χ1n) is 17.1. The molecule has 0 aliphatic rings. The van der Waals surface area contributed by atoms with Crippen LogP contribution in [0.2, 0.25) is 0 Å². The highest BCUT2D eigenvalue weighted by Gasteiger charge is 1.96. The SMILES string of the molecule is CCCCCCCCCCCCCCNCC[CH]CCCNCCCCCCCCCCCCCC. The van der Waals surface area contributed by atoms with E-state index in [0.717, 1.165) is 0 Å². The van der Waals surface area contributed by atoms with Crippen molar-refractivity contribution in [3.8, 4) is 0 Å². The number of hydrogen-bond acceptors (Lipinski definition) is 2. The van der Waals surface area contributed by atoms with E-state index in [1.165, 1.54) is 200 Å². The fourth-order valence-electron chi connectivity index (χ4n) is 5.15. The largest absolute Gasteiger partial charge is 0.317 e. The van der Waals surface area contributed by atoms with Gasteiger partial charge >= 0.3 is 0 Å². The molecule has 0 saturated heterocycles. The van der Waals surface area contributed by atoms with E-state index in [1.807, 2.05) is 0 Å². The second-order valence-corrected chi connectivity index (χ2v) is 11.5. The average Bonchev–Trinajstić information content (AvgIpc) is 2.89. The molecule has 0 rings (SSSR count). The predicted molar refractivity (Wildman–Crippen MR) is 166 cm³/mol.